The molecule has 2 aromatic rings. The molecule has 21 heavy (non-hydrogen) atoms. The predicted molar refractivity (Wildman–Crippen MR) is 78.5 cm³/mol. The van der Waals surface area contributed by atoms with Crippen molar-refractivity contribution in [3.05, 3.63) is 40.7 Å². The van der Waals surface area contributed by atoms with Gasteiger partial charge >= 0.3 is 5.97 Å². The third-order valence-corrected chi connectivity index (χ3v) is 3.95. The van der Waals surface area contributed by atoms with Gasteiger partial charge in [-0.15, -0.1) is 0 Å². The maximum atomic E-state index is 11.4. The number of benzene rings is 1. The van der Waals surface area contributed by atoms with E-state index in [4.69, 9.17) is 4.74 Å². The maximum Gasteiger partial charge on any atom is 0.356 e. The first-order chi connectivity index (χ1) is 10.1. The number of methoxy groups -OCH3 is 1. The third-order valence-electron chi connectivity index (χ3n) is 3.95. The van der Waals surface area contributed by atoms with E-state index < -0.39 is 5.97 Å². The van der Waals surface area contributed by atoms with Gasteiger partial charge < -0.3 is 9.84 Å². The summed E-state index contributed by atoms with van der Waals surface area (Å²) in [5.74, 6) is -0.257. The highest BCUT2D eigenvalue weighted by Gasteiger charge is 2.26. The zero-order chi connectivity index (χ0) is 15.0. The van der Waals surface area contributed by atoms with Gasteiger partial charge in [0.15, 0.2) is 5.69 Å². The average Bonchev–Trinajstić information content (AvgIpc) is 2.87. The molecule has 0 aliphatic heterocycles. The van der Waals surface area contributed by atoms with Crippen molar-refractivity contribution in [2.75, 3.05) is 7.11 Å². The SMILES string of the molecule is COc1ccc(C)cc1-n1nc(C(=O)O)c2c1CCCC2. The van der Waals surface area contributed by atoms with E-state index >= 15 is 0 Å². The molecular formula is C16H18N2O3. The monoisotopic (exact) mass is 286 g/mol. The topological polar surface area (TPSA) is 64.4 Å². The predicted octanol–water partition coefficient (Wildman–Crippen LogP) is 2.77. The van der Waals surface area contributed by atoms with Gasteiger partial charge in [-0.2, -0.15) is 5.10 Å². The number of fused-ring (bicyclic) bond motifs is 1. The smallest absolute Gasteiger partial charge is 0.356 e. The molecule has 3 rings (SSSR count). The molecule has 1 aliphatic carbocycles. The van der Waals surface area contributed by atoms with Gasteiger partial charge in [0.25, 0.3) is 0 Å². The molecule has 5 nitrogen and oxygen atoms in total. The zero-order valence-electron chi connectivity index (χ0n) is 12.2. The fourth-order valence-electron chi connectivity index (χ4n) is 2.94. The normalized spacial score (nSPS) is 13.8. The van der Waals surface area contributed by atoms with E-state index in [0.717, 1.165) is 48.2 Å². The fraction of sp³-hybridized carbons (Fsp3) is 0.375. The Labute approximate surface area is 123 Å². The second-order valence-electron chi connectivity index (χ2n) is 5.37. The minimum absolute atomic E-state index is 0.174. The van der Waals surface area contributed by atoms with Crippen molar-refractivity contribution in [3.8, 4) is 11.4 Å². The zero-order valence-corrected chi connectivity index (χ0v) is 12.2. The average molecular weight is 286 g/mol. The number of carboxylic acids is 1. The number of carboxylic acid groups (broad SMARTS) is 1. The van der Waals surface area contributed by atoms with E-state index in [1.54, 1.807) is 11.8 Å². The molecule has 1 aromatic carbocycles. The summed E-state index contributed by atoms with van der Waals surface area (Å²) in [6.45, 7) is 2.00. The summed E-state index contributed by atoms with van der Waals surface area (Å²) in [5, 5.41) is 13.7. The van der Waals surface area contributed by atoms with E-state index in [0.29, 0.717) is 5.75 Å². The molecule has 110 valence electrons. The van der Waals surface area contributed by atoms with Crippen LogP contribution in [0, 0.1) is 6.92 Å². The Balaban J connectivity index is 2.23. The van der Waals surface area contributed by atoms with Gasteiger partial charge in [0.1, 0.15) is 11.4 Å². The highest BCUT2D eigenvalue weighted by atomic mass is 16.5. The minimum Gasteiger partial charge on any atom is -0.494 e. The minimum atomic E-state index is -0.960. The highest BCUT2D eigenvalue weighted by Crippen LogP contribution is 2.31. The van der Waals surface area contributed by atoms with Crippen LogP contribution in [0.5, 0.6) is 5.75 Å². The number of rotatable bonds is 3. The summed E-state index contributed by atoms with van der Waals surface area (Å²) >= 11 is 0. The highest BCUT2D eigenvalue weighted by molar-refractivity contribution is 5.87. The second-order valence-corrected chi connectivity index (χ2v) is 5.37. The van der Waals surface area contributed by atoms with Gasteiger partial charge in [0.05, 0.1) is 7.11 Å². The Morgan fingerprint density at radius 2 is 2.10 bits per heavy atom. The molecule has 0 fully saturated rings. The van der Waals surface area contributed by atoms with Gasteiger partial charge in [-0.1, -0.05) is 6.07 Å². The van der Waals surface area contributed by atoms with Crippen LogP contribution in [0.2, 0.25) is 0 Å². The Morgan fingerprint density at radius 3 is 2.81 bits per heavy atom. The van der Waals surface area contributed by atoms with Crippen LogP contribution in [0.3, 0.4) is 0 Å². The van der Waals surface area contributed by atoms with Gasteiger partial charge in [-0.25, -0.2) is 9.48 Å². The molecule has 1 aliphatic rings. The first-order valence-electron chi connectivity index (χ1n) is 7.11. The van der Waals surface area contributed by atoms with Crippen LogP contribution in [0.1, 0.15) is 40.2 Å². The van der Waals surface area contributed by atoms with Crippen LogP contribution < -0.4 is 4.74 Å². The van der Waals surface area contributed by atoms with Crippen LogP contribution in [-0.2, 0) is 12.8 Å². The first-order valence-corrected chi connectivity index (χ1v) is 7.11. The van der Waals surface area contributed by atoms with E-state index in [-0.39, 0.29) is 5.69 Å². The molecule has 0 saturated heterocycles. The summed E-state index contributed by atoms with van der Waals surface area (Å²) in [7, 11) is 1.61. The lowest BCUT2D eigenvalue weighted by Crippen LogP contribution is -2.09. The van der Waals surface area contributed by atoms with E-state index in [1.165, 1.54) is 0 Å². The number of aryl methyl sites for hydroxylation is 1. The van der Waals surface area contributed by atoms with Crippen molar-refractivity contribution in [2.24, 2.45) is 0 Å². The number of hydrogen-bond donors (Lipinski definition) is 1. The number of aromatic carboxylic acids is 1. The van der Waals surface area contributed by atoms with Gasteiger partial charge in [0, 0.05) is 11.3 Å². The molecule has 0 saturated carbocycles. The molecule has 0 bridgehead atoms. The fourth-order valence-corrected chi connectivity index (χ4v) is 2.94. The molecule has 1 heterocycles. The molecule has 5 heteroatoms. The maximum absolute atomic E-state index is 11.4. The molecule has 0 spiro atoms. The van der Waals surface area contributed by atoms with Crippen molar-refractivity contribution in [1.82, 2.24) is 9.78 Å². The van der Waals surface area contributed by atoms with E-state index in [9.17, 15) is 9.90 Å². The van der Waals surface area contributed by atoms with Gasteiger partial charge in [-0.3, -0.25) is 0 Å². The largest absolute Gasteiger partial charge is 0.494 e. The standard InChI is InChI=1S/C16H18N2O3/c1-10-7-8-14(21-2)13(9-10)18-12-6-4-3-5-11(12)15(17-18)16(19)20/h7-9H,3-6H2,1-2H3,(H,19,20). The lowest BCUT2D eigenvalue weighted by Gasteiger charge is -2.16. The van der Waals surface area contributed by atoms with Crippen molar-refractivity contribution >= 4 is 5.97 Å². The third kappa shape index (κ3) is 2.28. The van der Waals surface area contributed by atoms with E-state index in [1.807, 2.05) is 25.1 Å². The number of nitrogens with zero attached hydrogens (tertiary/aromatic N) is 2. The summed E-state index contributed by atoms with van der Waals surface area (Å²) in [6, 6.07) is 5.84. The second kappa shape index (κ2) is 5.24. The number of aromatic nitrogens is 2. The summed E-state index contributed by atoms with van der Waals surface area (Å²) in [6.07, 6.45) is 3.72. The molecule has 1 N–H and O–H groups in total. The van der Waals surface area contributed by atoms with Crippen LogP contribution in [-0.4, -0.2) is 28.0 Å². The lowest BCUT2D eigenvalue weighted by molar-refractivity contribution is 0.0688. The number of ether oxygens (including phenoxy) is 1. The molecular weight excluding hydrogens is 268 g/mol. The van der Waals surface area contributed by atoms with Crippen molar-refractivity contribution in [2.45, 2.75) is 32.6 Å². The molecule has 1 aromatic heterocycles. The van der Waals surface area contributed by atoms with E-state index in [2.05, 4.69) is 5.10 Å². The Morgan fingerprint density at radius 1 is 1.33 bits per heavy atom. The van der Waals surface area contributed by atoms with Gasteiger partial charge in [-0.05, 0) is 50.3 Å². The van der Waals surface area contributed by atoms with Crippen LogP contribution in [0.15, 0.2) is 18.2 Å². The molecule has 0 atom stereocenters. The molecule has 0 unspecified atom stereocenters. The Hall–Kier alpha value is -2.30. The summed E-state index contributed by atoms with van der Waals surface area (Å²) in [5.41, 5.74) is 3.94. The quantitative estimate of drug-likeness (QED) is 0.942. The number of carbonyl (C=O) groups is 1. The van der Waals surface area contributed by atoms with Crippen molar-refractivity contribution < 1.29 is 14.6 Å². The van der Waals surface area contributed by atoms with Crippen LogP contribution in [0.25, 0.3) is 5.69 Å². The Kier molecular flexibility index (Phi) is 3.41. The van der Waals surface area contributed by atoms with Crippen molar-refractivity contribution in [3.63, 3.8) is 0 Å². The van der Waals surface area contributed by atoms with Crippen LogP contribution in [0.4, 0.5) is 0 Å². The summed E-state index contributed by atoms with van der Waals surface area (Å²) in [4.78, 5) is 11.4. The van der Waals surface area contributed by atoms with Crippen molar-refractivity contribution in [1.29, 1.82) is 0 Å². The lowest BCUT2D eigenvalue weighted by atomic mass is 9.95. The number of hydrogen-bond acceptors (Lipinski definition) is 3. The van der Waals surface area contributed by atoms with Crippen LogP contribution >= 0.6 is 0 Å². The first kappa shape index (κ1) is 13.7. The van der Waals surface area contributed by atoms with Gasteiger partial charge in [0.2, 0.25) is 0 Å². The molecule has 0 radical (unpaired) electrons. The molecule has 0 amide bonds. The summed E-state index contributed by atoms with van der Waals surface area (Å²) < 4.78 is 7.16. The Bertz CT molecular complexity index is 704.